The number of aryl methyl sites for hydroxylation is 2. The lowest BCUT2D eigenvalue weighted by Gasteiger charge is -2.17. The second-order valence-electron chi connectivity index (χ2n) is 5.33. The Morgan fingerprint density at radius 1 is 1.24 bits per heavy atom. The van der Waals surface area contributed by atoms with Crippen molar-refractivity contribution in [3.63, 3.8) is 0 Å². The molecule has 0 aliphatic rings. The zero-order valence-electron chi connectivity index (χ0n) is 12.5. The van der Waals surface area contributed by atoms with Crippen molar-refractivity contribution in [2.75, 3.05) is 0 Å². The van der Waals surface area contributed by atoms with Crippen LogP contribution < -0.4 is 5.73 Å². The summed E-state index contributed by atoms with van der Waals surface area (Å²) in [5.74, 6) is 0. The lowest BCUT2D eigenvalue weighted by molar-refractivity contribution is 0.560. The highest BCUT2D eigenvalue weighted by atomic mass is 15.3. The van der Waals surface area contributed by atoms with E-state index in [2.05, 4.69) is 29.1 Å². The first-order valence-corrected chi connectivity index (χ1v) is 7.34. The molecule has 0 aliphatic carbocycles. The fraction of sp³-hybridized carbons (Fsp3) is 0.294. The first kappa shape index (κ1) is 13.8. The summed E-state index contributed by atoms with van der Waals surface area (Å²) in [7, 11) is 0. The van der Waals surface area contributed by atoms with Gasteiger partial charge in [0.2, 0.25) is 0 Å². The summed E-state index contributed by atoms with van der Waals surface area (Å²) in [6.45, 7) is 5.03. The van der Waals surface area contributed by atoms with Crippen LogP contribution in [0.2, 0.25) is 0 Å². The molecule has 4 nitrogen and oxygen atoms in total. The number of nitrogens with two attached hydrogens (primary N) is 1. The highest BCUT2D eigenvalue weighted by molar-refractivity contribution is 5.83. The number of hydrogen-bond acceptors (Lipinski definition) is 3. The Balaban J connectivity index is 2.13. The van der Waals surface area contributed by atoms with Crippen molar-refractivity contribution in [1.82, 2.24) is 14.8 Å². The van der Waals surface area contributed by atoms with E-state index in [-0.39, 0.29) is 6.04 Å². The molecule has 0 amide bonds. The SMILES string of the molecule is CCCn1nccc1C(N)c1cc(C)nc2ccccc12. The molecular weight excluding hydrogens is 260 g/mol. The van der Waals surface area contributed by atoms with Crippen molar-refractivity contribution >= 4 is 10.9 Å². The quantitative estimate of drug-likeness (QED) is 0.798. The van der Waals surface area contributed by atoms with Crippen molar-refractivity contribution in [2.24, 2.45) is 5.73 Å². The van der Waals surface area contributed by atoms with Crippen molar-refractivity contribution < 1.29 is 0 Å². The summed E-state index contributed by atoms with van der Waals surface area (Å²) in [5, 5.41) is 5.49. The maximum Gasteiger partial charge on any atom is 0.0730 e. The van der Waals surface area contributed by atoms with Crippen LogP contribution in [0.3, 0.4) is 0 Å². The van der Waals surface area contributed by atoms with Gasteiger partial charge in [-0.3, -0.25) is 9.67 Å². The minimum atomic E-state index is -0.189. The van der Waals surface area contributed by atoms with Gasteiger partial charge in [0.05, 0.1) is 17.3 Å². The molecule has 1 aromatic carbocycles. The molecule has 1 atom stereocenters. The first-order valence-electron chi connectivity index (χ1n) is 7.34. The molecule has 0 spiro atoms. The Morgan fingerprint density at radius 3 is 2.86 bits per heavy atom. The second-order valence-corrected chi connectivity index (χ2v) is 5.33. The largest absolute Gasteiger partial charge is 0.319 e. The molecule has 0 saturated carbocycles. The Morgan fingerprint density at radius 2 is 2.05 bits per heavy atom. The molecule has 0 saturated heterocycles. The maximum absolute atomic E-state index is 6.54. The van der Waals surface area contributed by atoms with Crippen molar-refractivity contribution in [3.8, 4) is 0 Å². The molecule has 1 unspecified atom stereocenters. The van der Waals surface area contributed by atoms with Crippen molar-refractivity contribution in [3.05, 3.63) is 59.5 Å². The number of aromatic nitrogens is 3. The average Bonchev–Trinajstić information content (AvgIpc) is 2.94. The van der Waals surface area contributed by atoms with Gasteiger partial charge in [0.1, 0.15) is 0 Å². The fourth-order valence-corrected chi connectivity index (χ4v) is 2.76. The number of hydrogen-bond donors (Lipinski definition) is 1. The van der Waals surface area contributed by atoms with Crippen LogP contribution in [0.1, 0.15) is 36.3 Å². The van der Waals surface area contributed by atoms with Crippen LogP contribution in [0.25, 0.3) is 10.9 Å². The maximum atomic E-state index is 6.54. The van der Waals surface area contributed by atoms with Crippen LogP contribution in [-0.2, 0) is 6.54 Å². The minimum absolute atomic E-state index is 0.189. The van der Waals surface area contributed by atoms with E-state index in [0.29, 0.717) is 0 Å². The summed E-state index contributed by atoms with van der Waals surface area (Å²) >= 11 is 0. The molecular formula is C17H20N4. The Hall–Kier alpha value is -2.20. The van der Waals surface area contributed by atoms with E-state index < -0.39 is 0 Å². The fourth-order valence-electron chi connectivity index (χ4n) is 2.76. The lowest BCUT2D eigenvalue weighted by Crippen LogP contribution is -2.18. The molecule has 0 aliphatic heterocycles. The van der Waals surface area contributed by atoms with Gasteiger partial charge in [0.25, 0.3) is 0 Å². The third kappa shape index (κ3) is 2.54. The molecule has 3 aromatic rings. The molecule has 0 radical (unpaired) electrons. The topological polar surface area (TPSA) is 56.7 Å². The molecule has 0 fully saturated rings. The van der Waals surface area contributed by atoms with Gasteiger partial charge in [-0.05, 0) is 37.1 Å². The lowest BCUT2D eigenvalue weighted by atomic mass is 9.99. The minimum Gasteiger partial charge on any atom is -0.319 e. The highest BCUT2D eigenvalue weighted by Gasteiger charge is 2.17. The smallest absolute Gasteiger partial charge is 0.0730 e. The third-order valence-corrected chi connectivity index (χ3v) is 3.71. The normalized spacial score (nSPS) is 12.7. The molecule has 0 bridgehead atoms. The molecule has 3 rings (SSSR count). The molecule has 2 heterocycles. The van der Waals surface area contributed by atoms with Crippen LogP contribution >= 0.6 is 0 Å². The number of nitrogens with zero attached hydrogens (tertiary/aromatic N) is 3. The molecule has 4 heteroatoms. The van der Waals surface area contributed by atoms with E-state index in [0.717, 1.165) is 40.8 Å². The van der Waals surface area contributed by atoms with Gasteiger partial charge >= 0.3 is 0 Å². The predicted molar refractivity (Wildman–Crippen MR) is 85.0 cm³/mol. The number of rotatable bonds is 4. The van der Waals surface area contributed by atoms with Crippen LogP contribution in [-0.4, -0.2) is 14.8 Å². The summed E-state index contributed by atoms with van der Waals surface area (Å²) in [6.07, 6.45) is 2.86. The van der Waals surface area contributed by atoms with E-state index >= 15 is 0 Å². The average molecular weight is 280 g/mol. The van der Waals surface area contributed by atoms with Gasteiger partial charge < -0.3 is 5.73 Å². The zero-order valence-corrected chi connectivity index (χ0v) is 12.5. The summed E-state index contributed by atoms with van der Waals surface area (Å²) in [6, 6.07) is 12.0. The Kier molecular flexibility index (Phi) is 3.71. The zero-order chi connectivity index (χ0) is 14.8. The molecule has 2 aromatic heterocycles. The standard InChI is InChI=1S/C17H20N4/c1-3-10-21-16(8-9-19-21)17(18)14-11-12(2)20-15-7-5-4-6-13(14)15/h4-9,11,17H,3,10,18H2,1-2H3. The van der Waals surface area contributed by atoms with E-state index in [9.17, 15) is 0 Å². The van der Waals surface area contributed by atoms with Crippen molar-refractivity contribution in [2.45, 2.75) is 32.9 Å². The summed E-state index contributed by atoms with van der Waals surface area (Å²) < 4.78 is 2.00. The van der Waals surface area contributed by atoms with Gasteiger partial charge in [-0.2, -0.15) is 5.10 Å². The van der Waals surface area contributed by atoms with Gasteiger partial charge in [-0.25, -0.2) is 0 Å². The number of pyridine rings is 1. The van der Waals surface area contributed by atoms with Crippen LogP contribution in [0.5, 0.6) is 0 Å². The second kappa shape index (κ2) is 5.66. The van der Waals surface area contributed by atoms with Crippen LogP contribution in [0, 0.1) is 6.92 Å². The van der Waals surface area contributed by atoms with Gasteiger partial charge in [-0.1, -0.05) is 25.1 Å². The van der Waals surface area contributed by atoms with E-state index in [1.54, 1.807) is 0 Å². The summed E-state index contributed by atoms with van der Waals surface area (Å²) in [5.41, 5.74) is 10.7. The van der Waals surface area contributed by atoms with Crippen LogP contribution in [0.4, 0.5) is 0 Å². The number of fused-ring (bicyclic) bond motifs is 1. The Bertz CT molecular complexity index is 760. The predicted octanol–water partition coefficient (Wildman–Crippen LogP) is 3.20. The molecule has 108 valence electrons. The van der Waals surface area contributed by atoms with Gasteiger partial charge in [-0.15, -0.1) is 0 Å². The van der Waals surface area contributed by atoms with Crippen molar-refractivity contribution in [1.29, 1.82) is 0 Å². The van der Waals surface area contributed by atoms with E-state index in [1.165, 1.54) is 0 Å². The van der Waals surface area contributed by atoms with Crippen LogP contribution in [0.15, 0.2) is 42.6 Å². The number of para-hydroxylation sites is 1. The van der Waals surface area contributed by atoms with Gasteiger partial charge in [0, 0.05) is 23.8 Å². The summed E-state index contributed by atoms with van der Waals surface area (Å²) in [4.78, 5) is 4.58. The van der Waals surface area contributed by atoms with Gasteiger partial charge in [0.15, 0.2) is 0 Å². The molecule has 2 N–H and O–H groups in total. The highest BCUT2D eigenvalue weighted by Crippen LogP contribution is 2.27. The van der Waals surface area contributed by atoms with E-state index in [4.69, 9.17) is 5.73 Å². The molecule has 21 heavy (non-hydrogen) atoms. The first-order chi connectivity index (χ1) is 10.2. The third-order valence-electron chi connectivity index (χ3n) is 3.71. The van der Waals surface area contributed by atoms with E-state index in [1.807, 2.05) is 42.1 Å². The monoisotopic (exact) mass is 280 g/mol. The number of benzene rings is 1. The Labute approximate surface area is 124 Å².